The van der Waals surface area contributed by atoms with E-state index in [1.165, 1.54) is 37.9 Å². The van der Waals surface area contributed by atoms with Crippen molar-refractivity contribution in [1.82, 2.24) is 15.5 Å². The van der Waals surface area contributed by atoms with Gasteiger partial charge in [-0.1, -0.05) is 6.07 Å². The summed E-state index contributed by atoms with van der Waals surface area (Å²) in [6.45, 7) is 8.40. The van der Waals surface area contributed by atoms with Gasteiger partial charge in [0.1, 0.15) is 5.75 Å². The lowest BCUT2D eigenvalue weighted by molar-refractivity contribution is 0.214. The first kappa shape index (κ1) is 24.1. The molecular weight excluding hydrogens is 477 g/mol. The molecule has 0 saturated carbocycles. The van der Waals surface area contributed by atoms with Crippen LogP contribution < -0.4 is 20.3 Å². The van der Waals surface area contributed by atoms with E-state index in [0.29, 0.717) is 12.0 Å². The third-order valence-electron chi connectivity index (χ3n) is 5.75. The minimum absolute atomic E-state index is 0. The Morgan fingerprint density at radius 1 is 1.21 bits per heavy atom. The summed E-state index contributed by atoms with van der Waals surface area (Å²) >= 11 is 0. The molecule has 2 N–H and O–H groups in total. The summed E-state index contributed by atoms with van der Waals surface area (Å²) in [5, 5.41) is 7.13. The predicted octanol–water partition coefficient (Wildman–Crippen LogP) is 3.18. The van der Waals surface area contributed by atoms with Crippen LogP contribution in [-0.4, -0.2) is 70.3 Å². The van der Waals surface area contributed by atoms with Gasteiger partial charge in [-0.05, 0) is 64.3 Å². The molecule has 0 amide bonds. The number of aliphatic imine (C=N–C) groups is 1. The average Bonchev–Trinajstić information content (AvgIpc) is 2.72. The van der Waals surface area contributed by atoms with Crippen molar-refractivity contribution in [2.24, 2.45) is 10.9 Å². The van der Waals surface area contributed by atoms with Crippen molar-refractivity contribution >= 4 is 35.6 Å². The molecule has 2 saturated heterocycles. The molecule has 3 rings (SSSR count). The Hall–Kier alpha value is -1.22. The number of anilines is 1. The number of benzene rings is 1. The van der Waals surface area contributed by atoms with E-state index in [9.17, 15) is 0 Å². The lowest BCUT2D eigenvalue weighted by atomic mass is 9.99. The van der Waals surface area contributed by atoms with Gasteiger partial charge in [-0.25, -0.2) is 0 Å². The van der Waals surface area contributed by atoms with Crippen molar-refractivity contribution in [1.29, 1.82) is 0 Å². The number of likely N-dealkylation sites (tertiary alicyclic amines) is 1. The molecule has 2 aliphatic heterocycles. The van der Waals surface area contributed by atoms with Crippen LogP contribution >= 0.6 is 24.0 Å². The average molecular weight is 515 g/mol. The third kappa shape index (κ3) is 7.51. The Bertz CT molecular complexity index is 641. The summed E-state index contributed by atoms with van der Waals surface area (Å²) < 4.78 is 5.39. The summed E-state index contributed by atoms with van der Waals surface area (Å²) in [6.07, 6.45) is 4.94. The number of hydrogen-bond acceptors (Lipinski definition) is 4. The number of piperidine rings is 2. The van der Waals surface area contributed by atoms with E-state index in [2.05, 4.69) is 52.6 Å². The zero-order chi connectivity index (χ0) is 19.8. The number of halogens is 1. The SMILES string of the molecule is CCNC(=NCC1CCCN(C)C1)NC1CCCN(c2cccc(OC)c2)C1.I. The first-order valence-electron chi connectivity index (χ1n) is 10.8. The molecule has 2 unspecified atom stereocenters. The van der Waals surface area contributed by atoms with Crippen molar-refractivity contribution in [3.63, 3.8) is 0 Å². The molecule has 2 heterocycles. The number of methoxy groups -OCH3 is 1. The molecule has 1 aromatic rings. The molecule has 2 fully saturated rings. The molecular formula is C22H38IN5O. The third-order valence-corrected chi connectivity index (χ3v) is 5.75. The highest BCUT2D eigenvalue weighted by molar-refractivity contribution is 14.0. The van der Waals surface area contributed by atoms with Crippen molar-refractivity contribution in [2.75, 3.05) is 58.3 Å². The van der Waals surface area contributed by atoms with E-state index in [1.807, 2.05) is 6.07 Å². The largest absolute Gasteiger partial charge is 0.497 e. The lowest BCUT2D eigenvalue weighted by Gasteiger charge is -2.35. The second-order valence-corrected chi connectivity index (χ2v) is 8.12. The van der Waals surface area contributed by atoms with Crippen LogP contribution in [0.15, 0.2) is 29.3 Å². The summed E-state index contributed by atoms with van der Waals surface area (Å²) in [5.41, 5.74) is 1.23. The standard InChI is InChI=1S/C22H37N5O.HI/c1-4-23-22(24-15-18-8-6-12-26(2)16-18)25-19-9-7-13-27(17-19)20-10-5-11-21(14-20)28-3;/h5,10-11,14,18-19H,4,6-9,12-13,15-17H2,1-3H3,(H2,23,24,25);1H. The molecule has 0 bridgehead atoms. The molecule has 2 atom stereocenters. The van der Waals surface area contributed by atoms with Crippen LogP contribution in [0.2, 0.25) is 0 Å². The minimum atomic E-state index is 0. The van der Waals surface area contributed by atoms with Crippen LogP contribution in [0.4, 0.5) is 5.69 Å². The first-order chi connectivity index (χ1) is 13.7. The van der Waals surface area contributed by atoms with Crippen molar-refractivity contribution in [2.45, 2.75) is 38.6 Å². The number of hydrogen-bond donors (Lipinski definition) is 2. The van der Waals surface area contributed by atoms with E-state index in [-0.39, 0.29) is 24.0 Å². The molecule has 0 aliphatic carbocycles. The van der Waals surface area contributed by atoms with E-state index in [0.717, 1.165) is 44.4 Å². The molecule has 7 heteroatoms. The smallest absolute Gasteiger partial charge is 0.191 e. The summed E-state index contributed by atoms with van der Waals surface area (Å²) in [7, 11) is 3.94. The maximum absolute atomic E-state index is 5.39. The highest BCUT2D eigenvalue weighted by Gasteiger charge is 2.22. The first-order valence-corrected chi connectivity index (χ1v) is 10.8. The van der Waals surface area contributed by atoms with Gasteiger partial charge in [0.2, 0.25) is 0 Å². The van der Waals surface area contributed by atoms with Crippen LogP contribution in [0.5, 0.6) is 5.75 Å². The fourth-order valence-corrected chi connectivity index (χ4v) is 4.29. The number of rotatable bonds is 6. The van der Waals surface area contributed by atoms with Gasteiger partial charge in [-0.3, -0.25) is 4.99 Å². The van der Waals surface area contributed by atoms with E-state index >= 15 is 0 Å². The number of guanidine groups is 1. The van der Waals surface area contributed by atoms with Crippen molar-refractivity contribution in [3.05, 3.63) is 24.3 Å². The van der Waals surface area contributed by atoms with Crippen molar-refractivity contribution in [3.8, 4) is 5.75 Å². The van der Waals surface area contributed by atoms with Crippen molar-refractivity contribution < 1.29 is 4.74 Å². The topological polar surface area (TPSA) is 52.1 Å². The zero-order valence-electron chi connectivity index (χ0n) is 18.2. The normalized spacial score (nSPS) is 23.3. The monoisotopic (exact) mass is 515 g/mol. The van der Waals surface area contributed by atoms with Crippen LogP contribution in [0, 0.1) is 5.92 Å². The molecule has 0 spiro atoms. The van der Waals surface area contributed by atoms with Gasteiger partial charge in [-0.2, -0.15) is 0 Å². The van der Waals surface area contributed by atoms with Crippen LogP contribution in [0.3, 0.4) is 0 Å². The molecule has 29 heavy (non-hydrogen) atoms. The van der Waals surface area contributed by atoms with Crippen LogP contribution in [0.25, 0.3) is 0 Å². The Morgan fingerprint density at radius 2 is 2.03 bits per heavy atom. The van der Waals surface area contributed by atoms with Gasteiger partial charge in [0, 0.05) is 50.5 Å². The summed E-state index contributed by atoms with van der Waals surface area (Å²) in [5.74, 6) is 2.56. The highest BCUT2D eigenvalue weighted by Crippen LogP contribution is 2.24. The number of nitrogens with zero attached hydrogens (tertiary/aromatic N) is 3. The highest BCUT2D eigenvalue weighted by atomic mass is 127. The Labute approximate surface area is 193 Å². The molecule has 0 aromatic heterocycles. The molecule has 6 nitrogen and oxygen atoms in total. The fourth-order valence-electron chi connectivity index (χ4n) is 4.29. The van der Waals surface area contributed by atoms with Gasteiger partial charge in [0.05, 0.1) is 7.11 Å². The fraction of sp³-hybridized carbons (Fsp3) is 0.682. The van der Waals surface area contributed by atoms with Gasteiger partial charge in [-0.15, -0.1) is 24.0 Å². The van der Waals surface area contributed by atoms with E-state index in [1.54, 1.807) is 7.11 Å². The predicted molar refractivity (Wildman–Crippen MR) is 133 cm³/mol. The Kier molecular flexibility index (Phi) is 10.3. The molecule has 2 aliphatic rings. The van der Waals surface area contributed by atoms with Gasteiger partial charge < -0.3 is 25.2 Å². The lowest BCUT2D eigenvalue weighted by Crippen LogP contribution is -2.51. The van der Waals surface area contributed by atoms with Crippen LogP contribution in [-0.2, 0) is 0 Å². The van der Waals surface area contributed by atoms with E-state index < -0.39 is 0 Å². The Morgan fingerprint density at radius 3 is 2.79 bits per heavy atom. The van der Waals surface area contributed by atoms with Gasteiger partial charge in [0.15, 0.2) is 5.96 Å². The van der Waals surface area contributed by atoms with E-state index in [4.69, 9.17) is 9.73 Å². The molecule has 0 radical (unpaired) electrons. The number of ether oxygens (including phenoxy) is 1. The van der Waals surface area contributed by atoms with Gasteiger partial charge >= 0.3 is 0 Å². The number of nitrogens with one attached hydrogen (secondary N) is 2. The quantitative estimate of drug-likeness (QED) is 0.347. The molecule has 1 aromatic carbocycles. The van der Waals surface area contributed by atoms with Crippen LogP contribution in [0.1, 0.15) is 32.6 Å². The summed E-state index contributed by atoms with van der Waals surface area (Å²) in [6, 6.07) is 8.77. The van der Waals surface area contributed by atoms with Gasteiger partial charge in [0.25, 0.3) is 0 Å². The maximum Gasteiger partial charge on any atom is 0.191 e. The summed E-state index contributed by atoms with van der Waals surface area (Å²) in [4.78, 5) is 9.80. The minimum Gasteiger partial charge on any atom is -0.497 e. The Balaban J connectivity index is 0.00000300. The zero-order valence-corrected chi connectivity index (χ0v) is 20.5. The maximum atomic E-state index is 5.39. The molecule has 164 valence electrons. The second-order valence-electron chi connectivity index (χ2n) is 8.12. The second kappa shape index (κ2) is 12.5.